The van der Waals surface area contributed by atoms with Gasteiger partial charge in [-0.1, -0.05) is 36.4 Å². The molecule has 1 amide bonds. The molecule has 39 heavy (non-hydrogen) atoms. The van der Waals surface area contributed by atoms with Crippen molar-refractivity contribution in [3.63, 3.8) is 0 Å². The van der Waals surface area contributed by atoms with E-state index in [9.17, 15) is 23.6 Å². The lowest BCUT2D eigenvalue weighted by molar-refractivity contribution is -0.131. The Morgan fingerprint density at radius 1 is 1.00 bits per heavy atom. The Morgan fingerprint density at radius 2 is 1.77 bits per heavy atom. The van der Waals surface area contributed by atoms with E-state index in [1.165, 1.54) is 16.4 Å². The first-order chi connectivity index (χ1) is 18.8. The van der Waals surface area contributed by atoms with Crippen molar-refractivity contribution in [2.24, 2.45) is 0 Å². The van der Waals surface area contributed by atoms with Crippen molar-refractivity contribution in [2.75, 3.05) is 13.7 Å². The Hall–Kier alpha value is -4.39. The number of phenols is 1. The Balaban J connectivity index is 1.50. The van der Waals surface area contributed by atoms with Gasteiger partial charge in [-0.3, -0.25) is 4.79 Å². The molecule has 0 unspecified atom stereocenters. The van der Waals surface area contributed by atoms with Gasteiger partial charge in [-0.15, -0.1) is 0 Å². The third-order valence-electron chi connectivity index (χ3n) is 6.92. The lowest BCUT2D eigenvalue weighted by Crippen LogP contribution is -2.44. The van der Waals surface area contributed by atoms with Crippen LogP contribution < -0.4 is 4.74 Å². The molecule has 0 radical (unpaired) electrons. The molecule has 198 valence electrons. The van der Waals surface area contributed by atoms with Crippen molar-refractivity contribution in [3.05, 3.63) is 102 Å². The molecule has 1 aliphatic rings. The second-order valence-corrected chi connectivity index (χ2v) is 11.4. The molecule has 1 saturated heterocycles. The minimum absolute atomic E-state index is 0.0133. The van der Waals surface area contributed by atoms with Gasteiger partial charge in [0.2, 0.25) is 15.9 Å². The Morgan fingerprint density at radius 3 is 2.54 bits per heavy atom. The van der Waals surface area contributed by atoms with E-state index in [4.69, 9.17) is 4.74 Å². The highest BCUT2D eigenvalue weighted by Gasteiger charge is 2.42. The summed E-state index contributed by atoms with van der Waals surface area (Å²) in [5.74, 6) is 0.318. The van der Waals surface area contributed by atoms with Gasteiger partial charge < -0.3 is 14.7 Å². The fourth-order valence-corrected chi connectivity index (χ4v) is 6.57. The molecule has 0 aromatic heterocycles. The number of fused-ring (bicyclic) bond motifs is 1. The zero-order chi connectivity index (χ0) is 27.6. The van der Waals surface area contributed by atoms with Crippen molar-refractivity contribution in [3.8, 4) is 17.6 Å². The van der Waals surface area contributed by atoms with Gasteiger partial charge in [0.1, 0.15) is 17.5 Å². The quantitative estimate of drug-likeness (QED) is 0.354. The fourth-order valence-electron chi connectivity index (χ4n) is 4.93. The molecule has 4 aromatic rings. The van der Waals surface area contributed by atoms with Gasteiger partial charge in [-0.25, -0.2) is 8.42 Å². The topological polar surface area (TPSA) is 111 Å². The first kappa shape index (κ1) is 26.2. The monoisotopic (exact) mass is 541 g/mol. The first-order valence-electron chi connectivity index (χ1n) is 12.4. The number of carbonyl (C=O) groups is 1. The van der Waals surface area contributed by atoms with Crippen LogP contribution in [-0.4, -0.2) is 48.3 Å². The molecule has 0 saturated carbocycles. The summed E-state index contributed by atoms with van der Waals surface area (Å²) in [6, 6.07) is 24.9. The average Bonchev–Trinajstić information content (AvgIpc) is 3.30. The van der Waals surface area contributed by atoms with Gasteiger partial charge in [0.25, 0.3) is 0 Å². The minimum atomic E-state index is -4.13. The predicted molar refractivity (Wildman–Crippen MR) is 146 cm³/mol. The number of sulfonamides is 1. The molecule has 1 fully saturated rings. The largest absolute Gasteiger partial charge is 0.508 e. The third-order valence-corrected chi connectivity index (χ3v) is 8.77. The van der Waals surface area contributed by atoms with Crippen LogP contribution in [0.3, 0.4) is 0 Å². The van der Waals surface area contributed by atoms with E-state index in [0.717, 1.165) is 10.9 Å². The minimum Gasteiger partial charge on any atom is -0.508 e. The lowest BCUT2D eigenvalue weighted by atomic mass is 10.1. The number of carbonyl (C=O) groups excluding carboxylic acids is 1. The van der Waals surface area contributed by atoms with E-state index in [1.807, 2.05) is 18.2 Å². The van der Waals surface area contributed by atoms with Crippen LogP contribution in [0.25, 0.3) is 10.8 Å². The Kier molecular flexibility index (Phi) is 7.24. The second kappa shape index (κ2) is 10.8. The highest BCUT2D eigenvalue weighted by molar-refractivity contribution is 7.89. The van der Waals surface area contributed by atoms with Crippen LogP contribution in [0.15, 0.2) is 89.8 Å². The van der Waals surface area contributed by atoms with Crippen LogP contribution in [0.5, 0.6) is 11.5 Å². The molecule has 0 bridgehead atoms. The van der Waals surface area contributed by atoms with Crippen LogP contribution in [-0.2, 0) is 27.9 Å². The normalized spacial score (nSPS) is 15.6. The number of aromatic hydroxyl groups is 1. The number of methoxy groups -OCH3 is 1. The zero-order valence-electron chi connectivity index (χ0n) is 21.3. The maximum Gasteiger partial charge on any atom is 0.244 e. The van der Waals surface area contributed by atoms with Crippen molar-refractivity contribution in [2.45, 2.75) is 30.4 Å². The van der Waals surface area contributed by atoms with Crippen LogP contribution in [0.4, 0.5) is 0 Å². The summed E-state index contributed by atoms with van der Waals surface area (Å²) in [5, 5.41) is 20.8. The number of phenolic OH excluding ortho intramolecular Hbond substituents is 1. The van der Waals surface area contributed by atoms with Gasteiger partial charge in [-0.05, 0) is 76.9 Å². The number of nitriles is 1. The van der Waals surface area contributed by atoms with Gasteiger partial charge in [-0.2, -0.15) is 9.57 Å². The summed E-state index contributed by atoms with van der Waals surface area (Å²) in [4.78, 5) is 15.3. The Labute approximate surface area is 227 Å². The molecule has 5 rings (SSSR count). The average molecular weight is 542 g/mol. The van der Waals surface area contributed by atoms with Gasteiger partial charge in [0.05, 0.1) is 23.6 Å². The van der Waals surface area contributed by atoms with Crippen molar-refractivity contribution in [1.29, 1.82) is 5.26 Å². The van der Waals surface area contributed by atoms with E-state index < -0.39 is 16.1 Å². The number of benzene rings is 4. The molecular formula is C30H27N3O5S. The summed E-state index contributed by atoms with van der Waals surface area (Å²) in [5.41, 5.74) is 1.86. The summed E-state index contributed by atoms with van der Waals surface area (Å²) in [6.45, 7) is 0.572. The number of hydrogen-bond donors (Lipinski definition) is 1. The van der Waals surface area contributed by atoms with Crippen molar-refractivity contribution >= 4 is 26.7 Å². The molecule has 4 aromatic carbocycles. The summed E-state index contributed by atoms with van der Waals surface area (Å²) in [7, 11) is -2.58. The molecule has 8 nitrogen and oxygen atoms in total. The van der Waals surface area contributed by atoms with E-state index >= 15 is 0 Å². The number of hydrogen-bond acceptors (Lipinski definition) is 6. The number of likely N-dealkylation sites (tertiary alicyclic amines) is 1. The lowest BCUT2D eigenvalue weighted by Gasteiger charge is -2.28. The predicted octanol–water partition coefficient (Wildman–Crippen LogP) is 4.42. The number of rotatable bonds is 8. The number of amides is 1. The number of ether oxygens (including phenoxy) is 1. The van der Waals surface area contributed by atoms with Gasteiger partial charge >= 0.3 is 0 Å². The van der Waals surface area contributed by atoms with Crippen LogP contribution in [0.1, 0.15) is 23.1 Å². The maximum atomic E-state index is 14.1. The standard InChI is InChI=1S/C30H27N3O5S/c1-38-27-10-8-24-9-11-28(17-25(24)16-27)39(36,37)33(20-23-6-3-7-26(34)15-23)29-12-13-32(30(29)35)19-22-5-2-4-21(14-22)18-31/h2-11,14-17,29,34H,12-13,19-20H2,1H3/t29-/m0/s1. The van der Waals surface area contributed by atoms with Crippen LogP contribution >= 0.6 is 0 Å². The zero-order valence-corrected chi connectivity index (χ0v) is 22.1. The molecule has 1 N–H and O–H groups in total. The van der Waals surface area contributed by atoms with E-state index in [0.29, 0.717) is 35.2 Å². The maximum absolute atomic E-state index is 14.1. The van der Waals surface area contributed by atoms with Crippen molar-refractivity contribution < 1.29 is 23.1 Å². The van der Waals surface area contributed by atoms with E-state index in [1.54, 1.807) is 66.6 Å². The molecule has 1 heterocycles. The highest BCUT2D eigenvalue weighted by Crippen LogP contribution is 2.31. The van der Waals surface area contributed by atoms with Crippen LogP contribution in [0, 0.1) is 11.3 Å². The summed E-state index contributed by atoms with van der Waals surface area (Å²) < 4.78 is 34.8. The van der Waals surface area contributed by atoms with Gasteiger partial charge in [0.15, 0.2) is 0 Å². The third kappa shape index (κ3) is 5.43. The molecule has 1 atom stereocenters. The Bertz CT molecular complexity index is 1700. The fraction of sp³-hybridized carbons (Fsp3) is 0.200. The SMILES string of the molecule is COc1ccc2ccc(S(=O)(=O)N(Cc3cccc(O)c3)[C@H]3CCN(Cc4cccc(C#N)c4)C3=O)cc2c1. The van der Waals surface area contributed by atoms with Crippen LogP contribution in [0.2, 0.25) is 0 Å². The van der Waals surface area contributed by atoms with E-state index in [-0.39, 0.29) is 29.6 Å². The first-order valence-corrected chi connectivity index (χ1v) is 13.9. The molecule has 9 heteroatoms. The molecule has 0 aliphatic carbocycles. The number of nitrogens with zero attached hydrogens (tertiary/aromatic N) is 3. The van der Waals surface area contributed by atoms with Crippen molar-refractivity contribution in [1.82, 2.24) is 9.21 Å². The van der Waals surface area contributed by atoms with E-state index in [2.05, 4.69) is 6.07 Å². The van der Waals surface area contributed by atoms with Gasteiger partial charge in [0, 0.05) is 19.6 Å². The molecule has 1 aliphatic heterocycles. The molecular weight excluding hydrogens is 514 g/mol. The summed E-state index contributed by atoms with van der Waals surface area (Å²) in [6.07, 6.45) is 0.316. The summed E-state index contributed by atoms with van der Waals surface area (Å²) >= 11 is 0. The second-order valence-electron chi connectivity index (χ2n) is 9.47. The smallest absolute Gasteiger partial charge is 0.244 e. The highest BCUT2D eigenvalue weighted by atomic mass is 32.2. The molecule has 0 spiro atoms.